The molecule has 92 valence electrons. The van der Waals surface area contributed by atoms with Crippen molar-refractivity contribution in [2.75, 3.05) is 0 Å². The molecule has 0 N–H and O–H groups in total. The number of fused-ring (bicyclic) bond motifs is 2. The van der Waals surface area contributed by atoms with Gasteiger partial charge in [0, 0.05) is 5.70 Å². The van der Waals surface area contributed by atoms with Crippen LogP contribution in [-0.4, -0.2) is 9.36 Å². The molecule has 3 rings (SSSR count). The van der Waals surface area contributed by atoms with Crippen LogP contribution in [-0.2, 0) is 5.54 Å². The molecule has 1 aliphatic heterocycles. The lowest BCUT2D eigenvalue weighted by molar-refractivity contribution is 0.382. The highest BCUT2D eigenvalue weighted by Crippen LogP contribution is 2.25. The molecule has 0 unspecified atom stereocenters. The third-order valence-corrected chi connectivity index (χ3v) is 3.41. The molecule has 1 aromatic heterocycles. The topological polar surface area (TPSA) is 44.0 Å². The Bertz CT molecular complexity index is 807. The van der Waals surface area contributed by atoms with E-state index in [1.54, 1.807) is 24.3 Å². The maximum absolute atomic E-state index is 12.5. The molecule has 0 atom stereocenters. The van der Waals surface area contributed by atoms with Gasteiger partial charge in [-0.1, -0.05) is 12.1 Å². The van der Waals surface area contributed by atoms with E-state index in [9.17, 15) is 9.59 Å². The fourth-order valence-electron chi connectivity index (χ4n) is 2.74. The number of allylic oxidation sites excluding steroid dienone is 2. The van der Waals surface area contributed by atoms with Crippen molar-refractivity contribution in [1.82, 2.24) is 9.36 Å². The van der Waals surface area contributed by atoms with Gasteiger partial charge in [0.25, 0.3) is 11.1 Å². The fourth-order valence-corrected chi connectivity index (χ4v) is 2.74. The summed E-state index contributed by atoms with van der Waals surface area (Å²) in [6.45, 7) is 5.70. The zero-order chi connectivity index (χ0) is 13.1. The fraction of sp³-hybridized carbons (Fsp3) is 0.286. The van der Waals surface area contributed by atoms with Gasteiger partial charge in [-0.05, 0) is 39.0 Å². The smallest absolute Gasteiger partial charge is 0.267 e. The maximum Gasteiger partial charge on any atom is 0.277 e. The van der Waals surface area contributed by atoms with Crippen LogP contribution < -0.4 is 11.1 Å². The Balaban J connectivity index is 2.64. The molecule has 0 fully saturated rings. The normalized spacial score (nSPS) is 16.7. The summed E-state index contributed by atoms with van der Waals surface area (Å²) in [6.07, 6.45) is 1.94. The van der Waals surface area contributed by atoms with E-state index < -0.39 is 5.54 Å². The number of benzene rings is 1. The van der Waals surface area contributed by atoms with Gasteiger partial charge in [-0.3, -0.25) is 9.59 Å². The van der Waals surface area contributed by atoms with Crippen LogP contribution in [0.25, 0.3) is 16.5 Å². The van der Waals surface area contributed by atoms with Crippen molar-refractivity contribution in [2.45, 2.75) is 26.3 Å². The number of nitrogens with zero attached hydrogens (tertiary/aromatic N) is 2. The monoisotopic (exact) mass is 242 g/mol. The van der Waals surface area contributed by atoms with Crippen LogP contribution in [0.3, 0.4) is 0 Å². The molecule has 2 aromatic rings. The minimum absolute atomic E-state index is 0.122. The Hall–Kier alpha value is -2.10. The SMILES string of the molecule is CC1=CC(C)(C)n2c(=O)c3ccccc3c(=O)n21. The molecule has 1 aliphatic rings. The third-order valence-electron chi connectivity index (χ3n) is 3.41. The molecule has 0 bridgehead atoms. The first-order chi connectivity index (χ1) is 8.43. The Morgan fingerprint density at radius 2 is 1.56 bits per heavy atom. The van der Waals surface area contributed by atoms with Gasteiger partial charge in [0.15, 0.2) is 0 Å². The van der Waals surface area contributed by atoms with Crippen LogP contribution in [0.2, 0.25) is 0 Å². The summed E-state index contributed by atoms with van der Waals surface area (Å²) in [5, 5.41) is 0.958. The molecule has 0 aliphatic carbocycles. The van der Waals surface area contributed by atoms with Gasteiger partial charge < -0.3 is 0 Å². The standard InChI is InChI=1S/C14H14N2O2/c1-9-8-14(2,3)16-13(18)11-7-5-4-6-10(11)12(17)15(9)16/h4-8H,1-3H3. The zero-order valence-corrected chi connectivity index (χ0v) is 10.6. The minimum Gasteiger partial charge on any atom is -0.267 e. The average Bonchev–Trinajstić information content (AvgIpc) is 2.56. The molecule has 2 heterocycles. The van der Waals surface area contributed by atoms with Crippen molar-refractivity contribution in [2.24, 2.45) is 0 Å². The molecule has 4 nitrogen and oxygen atoms in total. The molecular weight excluding hydrogens is 228 g/mol. The first-order valence-electron chi connectivity index (χ1n) is 5.91. The average molecular weight is 242 g/mol. The van der Waals surface area contributed by atoms with Crippen molar-refractivity contribution >= 4 is 16.5 Å². The van der Waals surface area contributed by atoms with E-state index in [0.717, 1.165) is 5.70 Å². The quantitative estimate of drug-likeness (QED) is 0.706. The van der Waals surface area contributed by atoms with E-state index in [-0.39, 0.29) is 11.1 Å². The van der Waals surface area contributed by atoms with Crippen LogP contribution in [0.4, 0.5) is 0 Å². The molecule has 18 heavy (non-hydrogen) atoms. The highest BCUT2D eigenvalue weighted by molar-refractivity contribution is 5.81. The van der Waals surface area contributed by atoms with Gasteiger partial charge in [-0.2, -0.15) is 0 Å². The molecular formula is C14H14N2O2. The van der Waals surface area contributed by atoms with Crippen molar-refractivity contribution in [3.8, 4) is 0 Å². The molecule has 0 amide bonds. The van der Waals surface area contributed by atoms with E-state index in [1.165, 1.54) is 9.36 Å². The first-order valence-corrected chi connectivity index (χ1v) is 5.91. The third kappa shape index (κ3) is 1.20. The lowest BCUT2D eigenvalue weighted by Gasteiger charge is -2.21. The lowest BCUT2D eigenvalue weighted by Crippen LogP contribution is -2.42. The first kappa shape index (κ1) is 11.0. The molecule has 1 aromatic carbocycles. The van der Waals surface area contributed by atoms with Gasteiger partial charge >= 0.3 is 0 Å². The van der Waals surface area contributed by atoms with Crippen molar-refractivity contribution in [3.63, 3.8) is 0 Å². The van der Waals surface area contributed by atoms with Crippen LogP contribution in [0.15, 0.2) is 39.9 Å². The summed E-state index contributed by atoms with van der Waals surface area (Å²) >= 11 is 0. The lowest BCUT2D eigenvalue weighted by atomic mass is 10.1. The molecule has 0 saturated carbocycles. The minimum atomic E-state index is -0.468. The van der Waals surface area contributed by atoms with Crippen molar-refractivity contribution in [3.05, 3.63) is 51.0 Å². The number of rotatable bonds is 0. The van der Waals surface area contributed by atoms with Gasteiger partial charge in [0.05, 0.1) is 16.3 Å². The summed E-state index contributed by atoms with van der Waals surface area (Å²) in [6, 6.07) is 6.96. The van der Waals surface area contributed by atoms with E-state index in [1.807, 2.05) is 26.8 Å². The highest BCUT2D eigenvalue weighted by Gasteiger charge is 2.30. The maximum atomic E-state index is 12.5. The number of aromatic nitrogens is 2. The second kappa shape index (κ2) is 3.22. The molecule has 4 heteroatoms. The van der Waals surface area contributed by atoms with Gasteiger partial charge in [-0.25, -0.2) is 9.36 Å². The Labute approximate surface area is 104 Å². The summed E-state index contributed by atoms with van der Waals surface area (Å²) in [5.41, 5.74) is 0.0744. The van der Waals surface area contributed by atoms with E-state index in [2.05, 4.69) is 0 Å². The van der Waals surface area contributed by atoms with E-state index in [0.29, 0.717) is 10.8 Å². The number of hydrogen-bond donors (Lipinski definition) is 0. The Morgan fingerprint density at radius 1 is 1.00 bits per heavy atom. The van der Waals surface area contributed by atoms with Crippen LogP contribution >= 0.6 is 0 Å². The van der Waals surface area contributed by atoms with Crippen LogP contribution in [0.1, 0.15) is 20.8 Å². The van der Waals surface area contributed by atoms with Gasteiger partial charge in [0.2, 0.25) is 0 Å². The van der Waals surface area contributed by atoms with Gasteiger partial charge in [0.1, 0.15) is 0 Å². The van der Waals surface area contributed by atoms with Crippen molar-refractivity contribution in [1.29, 1.82) is 0 Å². The Morgan fingerprint density at radius 3 is 2.17 bits per heavy atom. The van der Waals surface area contributed by atoms with Crippen LogP contribution in [0, 0.1) is 0 Å². The van der Waals surface area contributed by atoms with Gasteiger partial charge in [-0.15, -0.1) is 0 Å². The van der Waals surface area contributed by atoms with E-state index in [4.69, 9.17) is 0 Å². The van der Waals surface area contributed by atoms with E-state index >= 15 is 0 Å². The molecule has 0 spiro atoms. The van der Waals surface area contributed by atoms with Crippen molar-refractivity contribution < 1.29 is 0 Å². The predicted octanol–water partition coefficient (Wildman–Crippen LogP) is 1.77. The summed E-state index contributed by atoms with van der Waals surface area (Å²) in [5.74, 6) is 0. The summed E-state index contributed by atoms with van der Waals surface area (Å²) in [4.78, 5) is 24.9. The number of hydrogen-bond acceptors (Lipinski definition) is 2. The predicted molar refractivity (Wildman–Crippen MR) is 71.7 cm³/mol. The summed E-state index contributed by atoms with van der Waals surface area (Å²) < 4.78 is 3.01. The Kier molecular flexibility index (Phi) is 1.97. The van der Waals surface area contributed by atoms with Crippen LogP contribution in [0.5, 0.6) is 0 Å². The zero-order valence-electron chi connectivity index (χ0n) is 10.6. The second-order valence-electron chi connectivity index (χ2n) is 5.22. The second-order valence-corrected chi connectivity index (χ2v) is 5.22. The highest BCUT2D eigenvalue weighted by atomic mass is 16.2. The summed E-state index contributed by atoms with van der Waals surface area (Å²) in [7, 11) is 0. The largest absolute Gasteiger partial charge is 0.277 e. The molecule has 0 saturated heterocycles. The molecule has 0 radical (unpaired) electrons.